The molecule has 1 aromatic rings. The first-order valence-electron chi connectivity index (χ1n) is 7.43. The van der Waals surface area contributed by atoms with Gasteiger partial charge in [-0.2, -0.15) is 0 Å². The number of hydrogen-bond donors (Lipinski definition) is 1. The molecular formula is C16H22N2O2. The minimum absolute atomic E-state index is 0.258. The van der Waals surface area contributed by atoms with Gasteiger partial charge in [0.1, 0.15) is 5.75 Å². The summed E-state index contributed by atoms with van der Waals surface area (Å²) in [5.74, 6) is 1.13. The number of hydrogen-bond acceptors (Lipinski definition) is 3. The van der Waals surface area contributed by atoms with Crippen molar-refractivity contribution in [3.05, 3.63) is 29.3 Å². The Morgan fingerprint density at radius 1 is 1.40 bits per heavy atom. The maximum Gasteiger partial charge on any atom is 0.222 e. The summed E-state index contributed by atoms with van der Waals surface area (Å²) in [6, 6.07) is 6.99. The van der Waals surface area contributed by atoms with E-state index in [1.54, 1.807) is 7.11 Å². The summed E-state index contributed by atoms with van der Waals surface area (Å²) >= 11 is 0. The first-order chi connectivity index (χ1) is 9.76. The molecule has 2 fully saturated rings. The van der Waals surface area contributed by atoms with E-state index in [2.05, 4.69) is 17.4 Å². The van der Waals surface area contributed by atoms with Crippen LogP contribution in [0.25, 0.3) is 0 Å². The number of ether oxygens (including phenoxy) is 1. The molecule has 1 amide bonds. The fraction of sp³-hybridized carbons (Fsp3) is 0.562. The molecule has 0 spiro atoms. The SMILES string of the molecule is COc1ccc(CNC2CC2)cc1CN1CCCC1=O. The number of carbonyl (C=O) groups is 1. The lowest BCUT2D eigenvalue weighted by atomic mass is 10.1. The molecule has 1 saturated heterocycles. The minimum atomic E-state index is 0.258. The quantitative estimate of drug-likeness (QED) is 0.863. The number of nitrogens with zero attached hydrogens (tertiary/aromatic N) is 1. The highest BCUT2D eigenvalue weighted by Gasteiger charge is 2.22. The molecule has 0 radical (unpaired) electrons. The van der Waals surface area contributed by atoms with Crippen LogP contribution in [-0.4, -0.2) is 30.5 Å². The third-order valence-electron chi connectivity index (χ3n) is 4.05. The van der Waals surface area contributed by atoms with Crippen LogP contribution < -0.4 is 10.1 Å². The van der Waals surface area contributed by atoms with E-state index in [9.17, 15) is 4.79 Å². The number of rotatable bonds is 6. The Morgan fingerprint density at radius 2 is 2.25 bits per heavy atom. The van der Waals surface area contributed by atoms with Crippen molar-refractivity contribution in [1.29, 1.82) is 0 Å². The molecule has 1 aliphatic heterocycles. The van der Waals surface area contributed by atoms with Gasteiger partial charge in [-0.15, -0.1) is 0 Å². The predicted octanol–water partition coefficient (Wildman–Crippen LogP) is 2.07. The van der Waals surface area contributed by atoms with Crippen molar-refractivity contribution in [2.75, 3.05) is 13.7 Å². The molecule has 0 bridgehead atoms. The molecule has 1 aromatic carbocycles. The first-order valence-corrected chi connectivity index (χ1v) is 7.43. The van der Waals surface area contributed by atoms with Gasteiger partial charge in [0.15, 0.2) is 0 Å². The summed E-state index contributed by atoms with van der Waals surface area (Å²) in [5, 5.41) is 3.52. The van der Waals surface area contributed by atoms with E-state index in [1.807, 2.05) is 11.0 Å². The van der Waals surface area contributed by atoms with E-state index < -0.39 is 0 Å². The summed E-state index contributed by atoms with van der Waals surface area (Å²) in [6.07, 6.45) is 4.26. The molecule has 4 nitrogen and oxygen atoms in total. The van der Waals surface area contributed by atoms with Gasteiger partial charge in [0.25, 0.3) is 0 Å². The largest absolute Gasteiger partial charge is 0.496 e. The molecular weight excluding hydrogens is 252 g/mol. The fourth-order valence-corrected chi connectivity index (χ4v) is 2.69. The van der Waals surface area contributed by atoms with Gasteiger partial charge in [-0.25, -0.2) is 0 Å². The van der Waals surface area contributed by atoms with Crippen molar-refractivity contribution in [3.8, 4) is 5.75 Å². The van der Waals surface area contributed by atoms with Crippen LogP contribution in [0.2, 0.25) is 0 Å². The Bertz CT molecular complexity index is 497. The van der Waals surface area contributed by atoms with Crippen LogP contribution in [0.1, 0.15) is 36.8 Å². The van der Waals surface area contributed by atoms with Crippen LogP contribution in [-0.2, 0) is 17.9 Å². The monoisotopic (exact) mass is 274 g/mol. The lowest BCUT2D eigenvalue weighted by molar-refractivity contribution is -0.128. The Morgan fingerprint density at radius 3 is 2.90 bits per heavy atom. The second-order valence-corrected chi connectivity index (χ2v) is 5.72. The van der Waals surface area contributed by atoms with Gasteiger partial charge in [0.2, 0.25) is 5.91 Å². The summed E-state index contributed by atoms with van der Waals surface area (Å²) in [7, 11) is 1.69. The van der Waals surface area contributed by atoms with Crippen LogP contribution in [0.5, 0.6) is 5.75 Å². The molecule has 4 heteroatoms. The highest BCUT2D eigenvalue weighted by molar-refractivity contribution is 5.78. The van der Waals surface area contributed by atoms with Gasteiger partial charge in [-0.3, -0.25) is 4.79 Å². The summed E-state index contributed by atoms with van der Waals surface area (Å²) < 4.78 is 5.43. The smallest absolute Gasteiger partial charge is 0.222 e. The van der Waals surface area contributed by atoms with Crippen molar-refractivity contribution in [3.63, 3.8) is 0 Å². The molecule has 2 aliphatic rings. The maximum absolute atomic E-state index is 11.8. The zero-order valence-corrected chi connectivity index (χ0v) is 12.0. The molecule has 0 atom stereocenters. The van der Waals surface area contributed by atoms with Gasteiger partial charge in [0.05, 0.1) is 7.11 Å². The maximum atomic E-state index is 11.8. The summed E-state index contributed by atoms with van der Waals surface area (Å²) in [5.41, 5.74) is 2.37. The zero-order chi connectivity index (χ0) is 13.9. The number of methoxy groups -OCH3 is 1. The van der Waals surface area contributed by atoms with E-state index in [1.165, 1.54) is 18.4 Å². The van der Waals surface area contributed by atoms with Gasteiger partial charge < -0.3 is 15.0 Å². The molecule has 1 saturated carbocycles. The van der Waals surface area contributed by atoms with Crippen molar-refractivity contribution in [1.82, 2.24) is 10.2 Å². The Kier molecular flexibility index (Phi) is 3.92. The van der Waals surface area contributed by atoms with Gasteiger partial charge in [0, 0.05) is 37.7 Å². The summed E-state index contributed by atoms with van der Waals surface area (Å²) in [4.78, 5) is 13.7. The predicted molar refractivity (Wildman–Crippen MR) is 77.5 cm³/mol. The number of carbonyl (C=O) groups excluding carboxylic acids is 1. The Labute approximate surface area is 120 Å². The Balaban J connectivity index is 1.71. The molecule has 1 heterocycles. The van der Waals surface area contributed by atoms with Crippen molar-refractivity contribution < 1.29 is 9.53 Å². The average molecular weight is 274 g/mol. The average Bonchev–Trinajstić information content (AvgIpc) is 3.21. The van der Waals surface area contributed by atoms with Crippen LogP contribution in [0.15, 0.2) is 18.2 Å². The first kappa shape index (κ1) is 13.4. The van der Waals surface area contributed by atoms with Gasteiger partial charge in [-0.1, -0.05) is 6.07 Å². The standard InChI is InChI=1S/C16H22N2O2/c1-20-15-7-4-12(10-17-14-5-6-14)9-13(15)11-18-8-2-3-16(18)19/h4,7,9,14,17H,2-3,5-6,8,10-11H2,1H3. The number of likely N-dealkylation sites (tertiary alicyclic amines) is 1. The van der Waals surface area contributed by atoms with Gasteiger partial charge in [-0.05, 0) is 37.0 Å². The third-order valence-corrected chi connectivity index (χ3v) is 4.05. The van der Waals surface area contributed by atoms with Crippen LogP contribution in [0, 0.1) is 0 Å². The molecule has 0 aromatic heterocycles. The third kappa shape index (κ3) is 3.12. The fourth-order valence-electron chi connectivity index (χ4n) is 2.69. The second-order valence-electron chi connectivity index (χ2n) is 5.72. The van der Waals surface area contributed by atoms with Crippen LogP contribution >= 0.6 is 0 Å². The molecule has 108 valence electrons. The number of benzene rings is 1. The van der Waals surface area contributed by atoms with Crippen LogP contribution in [0.4, 0.5) is 0 Å². The van der Waals surface area contributed by atoms with E-state index in [4.69, 9.17) is 4.74 Å². The molecule has 1 aliphatic carbocycles. The van der Waals surface area contributed by atoms with Crippen molar-refractivity contribution in [2.24, 2.45) is 0 Å². The second kappa shape index (κ2) is 5.83. The Hall–Kier alpha value is -1.55. The number of nitrogens with one attached hydrogen (secondary N) is 1. The van der Waals surface area contributed by atoms with Gasteiger partial charge >= 0.3 is 0 Å². The van der Waals surface area contributed by atoms with Crippen LogP contribution in [0.3, 0.4) is 0 Å². The normalized spacial score (nSPS) is 18.6. The van der Waals surface area contributed by atoms with E-state index in [0.29, 0.717) is 19.0 Å². The lowest BCUT2D eigenvalue weighted by Crippen LogP contribution is -2.24. The zero-order valence-electron chi connectivity index (χ0n) is 12.0. The molecule has 3 rings (SSSR count). The topological polar surface area (TPSA) is 41.6 Å². The number of amides is 1. The molecule has 0 unspecified atom stereocenters. The van der Waals surface area contributed by atoms with Crippen molar-refractivity contribution in [2.45, 2.75) is 44.8 Å². The highest BCUT2D eigenvalue weighted by Crippen LogP contribution is 2.25. The lowest BCUT2D eigenvalue weighted by Gasteiger charge is -2.18. The van der Waals surface area contributed by atoms with E-state index >= 15 is 0 Å². The highest BCUT2D eigenvalue weighted by atomic mass is 16.5. The van der Waals surface area contributed by atoms with E-state index in [0.717, 1.165) is 30.8 Å². The van der Waals surface area contributed by atoms with Crippen molar-refractivity contribution >= 4 is 5.91 Å². The minimum Gasteiger partial charge on any atom is -0.496 e. The summed E-state index contributed by atoms with van der Waals surface area (Å²) in [6.45, 7) is 2.43. The molecule has 20 heavy (non-hydrogen) atoms. The van der Waals surface area contributed by atoms with E-state index in [-0.39, 0.29) is 5.91 Å². The molecule has 1 N–H and O–H groups in total.